The monoisotopic (exact) mass is 605 g/mol. The number of para-hydroxylation sites is 3. The number of hydrogen-bond acceptors (Lipinski definition) is 4. The van der Waals surface area contributed by atoms with Crippen LogP contribution in [-0.4, -0.2) is 19.5 Å². The minimum Gasteiger partial charge on any atom is -0.309 e. The van der Waals surface area contributed by atoms with E-state index in [1.165, 1.54) is 32.9 Å². The third kappa shape index (κ3) is 4.27. The van der Waals surface area contributed by atoms with Gasteiger partial charge in [-0.25, -0.2) is 4.98 Å². The smallest absolute Gasteiger partial charge is 0.238 e. The Morgan fingerprint density at radius 1 is 0.468 bits per heavy atom. The minimum atomic E-state index is -0.286. The first-order valence-corrected chi connectivity index (χ1v) is 16.0. The first-order chi connectivity index (χ1) is 23.1. The summed E-state index contributed by atoms with van der Waals surface area (Å²) < 4.78 is 2.38. The van der Waals surface area contributed by atoms with E-state index in [2.05, 4.69) is 139 Å². The van der Waals surface area contributed by atoms with Gasteiger partial charge in [-0.1, -0.05) is 129 Å². The van der Waals surface area contributed by atoms with E-state index in [0.717, 1.165) is 28.2 Å². The van der Waals surface area contributed by atoms with Crippen molar-refractivity contribution in [1.29, 1.82) is 0 Å². The van der Waals surface area contributed by atoms with Gasteiger partial charge in [0, 0.05) is 33.0 Å². The number of fused-ring (bicyclic) bond motifs is 5. The molecule has 0 spiro atoms. The molecule has 0 bridgehead atoms. The number of benzene rings is 6. The molecule has 0 atom stereocenters. The van der Waals surface area contributed by atoms with Crippen LogP contribution in [0, 0.1) is 0 Å². The quantitative estimate of drug-likeness (QED) is 0.200. The van der Waals surface area contributed by atoms with E-state index in [-0.39, 0.29) is 5.41 Å². The molecule has 0 amide bonds. The lowest BCUT2D eigenvalue weighted by atomic mass is 9.73. The van der Waals surface area contributed by atoms with Gasteiger partial charge < -0.3 is 4.57 Å². The van der Waals surface area contributed by atoms with Gasteiger partial charge in [0.25, 0.3) is 0 Å². The SMILES string of the molecule is CC1(C)c2ccccc2N(c2nc(-c3ccccc3)nc(-c3ccccc3)n2)c2cc3c4ccccc4n(-c4ccccc4)c3cc21. The van der Waals surface area contributed by atoms with Gasteiger partial charge in [-0.2, -0.15) is 9.97 Å². The largest absolute Gasteiger partial charge is 0.309 e. The Kier molecular flexibility index (Phi) is 6.09. The lowest BCUT2D eigenvalue weighted by molar-refractivity contribution is 0.631. The van der Waals surface area contributed by atoms with Crippen LogP contribution in [0.3, 0.4) is 0 Å². The fourth-order valence-electron chi connectivity index (χ4n) is 7.13. The average Bonchev–Trinajstić information content (AvgIpc) is 3.46. The Morgan fingerprint density at radius 2 is 1.04 bits per heavy atom. The van der Waals surface area contributed by atoms with Crippen LogP contribution < -0.4 is 4.90 Å². The van der Waals surface area contributed by atoms with Crippen molar-refractivity contribution >= 4 is 39.1 Å². The maximum atomic E-state index is 5.19. The molecule has 0 saturated carbocycles. The van der Waals surface area contributed by atoms with E-state index in [1.54, 1.807) is 0 Å². The van der Waals surface area contributed by atoms with Gasteiger partial charge in [-0.3, -0.25) is 4.90 Å². The van der Waals surface area contributed by atoms with E-state index in [1.807, 2.05) is 36.4 Å². The highest BCUT2D eigenvalue weighted by atomic mass is 15.3. The molecule has 0 radical (unpaired) electrons. The maximum absolute atomic E-state index is 5.19. The fraction of sp³-hybridized carbons (Fsp3) is 0.0714. The molecule has 5 heteroatoms. The van der Waals surface area contributed by atoms with Crippen molar-refractivity contribution in [2.75, 3.05) is 4.90 Å². The van der Waals surface area contributed by atoms with Crippen LogP contribution in [0.1, 0.15) is 25.0 Å². The lowest BCUT2D eigenvalue weighted by Crippen LogP contribution is -2.31. The van der Waals surface area contributed by atoms with E-state index in [0.29, 0.717) is 17.6 Å². The van der Waals surface area contributed by atoms with Gasteiger partial charge in [-0.15, -0.1) is 0 Å². The first-order valence-electron chi connectivity index (χ1n) is 16.0. The molecule has 5 nitrogen and oxygen atoms in total. The summed E-state index contributed by atoms with van der Waals surface area (Å²) in [5.74, 6) is 1.87. The second-order valence-electron chi connectivity index (χ2n) is 12.6. The number of aromatic nitrogens is 4. The molecule has 0 saturated heterocycles. The highest BCUT2D eigenvalue weighted by Gasteiger charge is 2.39. The van der Waals surface area contributed by atoms with Gasteiger partial charge in [0.1, 0.15) is 0 Å². The second kappa shape index (κ2) is 10.5. The summed E-state index contributed by atoms with van der Waals surface area (Å²) in [5, 5.41) is 2.39. The predicted octanol–water partition coefficient (Wildman–Crippen LogP) is 10.4. The standard InChI is InChI=1S/C42H31N5/c1-42(2)33-23-13-15-25-36(33)47(41-44-39(28-16-6-3-7-17-28)43-40(45-41)29-18-8-4-9-19-29)38-26-32-31-22-12-14-24-35(31)46(37(32)27-34(38)42)30-20-10-5-11-21-30/h3-27H,1-2H3. The molecule has 0 fully saturated rings. The van der Waals surface area contributed by atoms with Crippen molar-refractivity contribution in [3.05, 3.63) is 163 Å². The first kappa shape index (κ1) is 27.3. The van der Waals surface area contributed by atoms with Crippen molar-refractivity contribution in [3.63, 3.8) is 0 Å². The van der Waals surface area contributed by atoms with Crippen molar-refractivity contribution in [3.8, 4) is 28.5 Å². The Labute approximate surface area is 273 Å². The van der Waals surface area contributed by atoms with E-state index < -0.39 is 0 Å². The molecular formula is C42H31N5. The maximum Gasteiger partial charge on any atom is 0.238 e. The normalized spacial score (nSPS) is 13.4. The van der Waals surface area contributed by atoms with Crippen LogP contribution in [-0.2, 0) is 5.41 Å². The van der Waals surface area contributed by atoms with Crippen molar-refractivity contribution < 1.29 is 0 Å². The summed E-state index contributed by atoms with van der Waals surface area (Å²) in [4.78, 5) is 17.6. The molecule has 6 aromatic carbocycles. The molecule has 1 aliphatic rings. The third-order valence-corrected chi connectivity index (χ3v) is 9.42. The molecule has 47 heavy (non-hydrogen) atoms. The topological polar surface area (TPSA) is 46.8 Å². The highest BCUT2D eigenvalue weighted by molar-refractivity contribution is 6.11. The minimum absolute atomic E-state index is 0.286. The number of rotatable bonds is 4. The molecule has 8 aromatic rings. The summed E-state index contributed by atoms with van der Waals surface area (Å²) in [6.07, 6.45) is 0. The van der Waals surface area contributed by atoms with Gasteiger partial charge in [0.15, 0.2) is 11.6 Å². The summed E-state index contributed by atoms with van der Waals surface area (Å²) >= 11 is 0. The van der Waals surface area contributed by atoms with Crippen LogP contribution in [0.25, 0.3) is 50.3 Å². The summed E-state index contributed by atoms with van der Waals surface area (Å²) in [6.45, 7) is 4.64. The van der Waals surface area contributed by atoms with Gasteiger partial charge in [-0.05, 0) is 47.5 Å². The molecule has 0 unspecified atom stereocenters. The second-order valence-corrected chi connectivity index (χ2v) is 12.6. The zero-order valence-corrected chi connectivity index (χ0v) is 26.2. The van der Waals surface area contributed by atoms with Crippen LogP contribution in [0.4, 0.5) is 17.3 Å². The molecule has 0 N–H and O–H groups in total. The highest BCUT2D eigenvalue weighted by Crippen LogP contribution is 2.53. The Balaban J connectivity index is 1.37. The summed E-state index contributed by atoms with van der Waals surface area (Å²) in [7, 11) is 0. The van der Waals surface area contributed by atoms with Crippen molar-refractivity contribution in [1.82, 2.24) is 19.5 Å². The van der Waals surface area contributed by atoms with Crippen LogP contribution in [0.2, 0.25) is 0 Å². The van der Waals surface area contributed by atoms with E-state index in [4.69, 9.17) is 15.0 Å². The van der Waals surface area contributed by atoms with E-state index in [9.17, 15) is 0 Å². The van der Waals surface area contributed by atoms with Gasteiger partial charge in [0.2, 0.25) is 5.95 Å². The molecule has 1 aliphatic heterocycles. The third-order valence-electron chi connectivity index (χ3n) is 9.42. The lowest BCUT2D eigenvalue weighted by Gasteiger charge is -2.41. The predicted molar refractivity (Wildman–Crippen MR) is 192 cm³/mol. The van der Waals surface area contributed by atoms with Crippen molar-refractivity contribution in [2.24, 2.45) is 0 Å². The summed E-state index contributed by atoms with van der Waals surface area (Å²) in [5.41, 5.74) is 9.67. The summed E-state index contributed by atoms with van der Waals surface area (Å²) in [6, 6.07) is 53.0. The van der Waals surface area contributed by atoms with Crippen LogP contribution >= 0.6 is 0 Å². The van der Waals surface area contributed by atoms with Gasteiger partial charge >= 0.3 is 0 Å². The van der Waals surface area contributed by atoms with Crippen molar-refractivity contribution in [2.45, 2.75) is 19.3 Å². The number of anilines is 3. The number of hydrogen-bond donors (Lipinski definition) is 0. The molecule has 9 rings (SSSR count). The molecule has 3 heterocycles. The fourth-order valence-corrected chi connectivity index (χ4v) is 7.13. The Bertz CT molecular complexity index is 2370. The average molecular weight is 606 g/mol. The molecule has 224 valence electrons. The zero-order chi connectivity index (χ0) is 31.5. The van der Waals surface area contributed by atoms with Gasteiger partial charge in [0.05, 0.1) is 22.4 Å². The molecule has 0 aliphatic carbocycles. The Hall–Kier alpha value is -6.07. The van der Waals surface area contributed by atoms with Crippen LogP contribution in [0.5, 0.6) is 0 Å². The van der Waals surface area contributed by atoms with Crippen LogP contribution in [0.15, 0.2) is 152 Å². The number of nitrogens with zero attached hydrogens (tertiary/aromatic N) is 5. The van der Waals surface area contributed by atoms with E-state index >= 15 is 0 Å². The Morgan fingerprint density at radius 3 is 1.72 bits per heavy atom. The molecular weight excluding hydrogens is 574 g/mol. The molecule has 2 aromatic heterocycles. The zero-order valence-electron chi connectivity index (χ0n) is 26.2.